The topological polar surface area (TPSA) is 8.17 Å². The van der Waals surface area contributed by atoms with Crippen molar-refractivity contribution in [3.05, 3.63) is 205 Å². The lowest BCUT2D eigenvalue weighted by molar-refractivity contribution is 1.18. The zero-order valence-corrected chi connectivity index (χ0v) is 29.4. The van der Waals surface area contributed by atoms with Crippen molar-refractivity contribution >= 4 is 94.1 Å². The van der Waals surface area contributed by atoms with E-state index < -0.39 is 0 Å². The molecule has 0 fully saturated rings. The molecule has 0 radical (unpaired) electrons. The van der Waals surface area contributed by atoms with E-state index in [0.29, 0.717) is 0 Å². The fraction of sp³-hybridized carbons (Fsp3) is 0. The van der Waals surface area contributed by atoms with Gasteiger partial charge in [-0.1, -0.05) is 139 Å². The SMILES string of the molecule is [2H]/C(=C(/[2H])c1ccc2c3c1ccc1cccc(c13)n2-c1ccccc1)c1ccc2cc(N(c3ccc4ccccc4c3)c3ccc4ccccc4c3)ccc2c1. The van der Waals surface area contributed by atoms with Gasteiger partial charge >= 0.3 is 0 Å². The highest BCUT2D eigenvalue weighted by molar-refractivity contribution is 6.25. The first-order valence-corrected chi connectivity index (χ1v) is 18.4. The quantitative estimate of drug-likeness (QED) is 0.125. The van der Waals surface area contributed by atoms with Crippen LogP contribution in [0.3, 0.4) is 0 Å². The molecule has 1 aromatic heterocycles. The first-order chi connectivity index (χ1) is 27.6. The smallest absolute Gasteiger partial charge is 0.0629 e. The second-order valence-electron chi connectivity index (χ2n) is 14.1. The molecule has 0 aliphatic heterocycles. The van der Waals surface area contributed by atoms with Crippen molar-refractivity contribution in [2.75, 3.05) is 4.90 Å². The van der Waals surface area contributed by atoms with Gasteiger partial charge in [0.15, 0.2) is 0 Å². The Hall–Kier alpha value is -7.16. The van der Waals surface area contributed by atoms with Crippen LogP contribution in [0.5, 0.6) is 0 Å². The van der Waals surface area contributed by atoms with Crippen LogP contribution < -0.4 is 4.90 Å². The van der Waals surface area contributed by atoms with Crippen molar-refractivity contribution in [2.24, 2.45) is 0 Å². The Kier molecular flexibility index (Phi) is 6.43. The summed E-state index contributed by atoms with van der Waals surface area (Å²) in [5.41, 5.74) is 8.04. The number of para-hydroxylation sites is 1. The third-order valence-corrected chi connectivity index (χ3v) is 10.9. The largest absolute Gasteiger partial charge is 0.310 e. The van der Waals surface area contributed by atoms with Gasteiger partial charge < -0.3 is 9.47 Å². The molecule has 0 bridgehead atoms. The number of fused-ring (bicyclic) bond motifs is 3. The lowest BCUT2D eigenvalue weighted by atomic mass is 9.97. The summed E-state index contributed by atoms with van der Waals surface area (Å²) in [7, 11) is 0. The van der Waals surface area contributed by atoms with E-state index in [0.717, 1.165) is 66.5 Å². The number of rotatable bonds is 6. The Balaban J connectivity index is 1.01. The van der Waals surface area contributed by atoms with Gasteiger partial charge in [-0.15, -0.1) is 0 Å². The van der Waals surface area contributed by atoms with Gasteiger partial charge in [-0.2, -0.15) is 0 Å². The van der Waals surface area contributed by atoms with Gasteiger partial charge in [0.1, 0.15) is 0 Å². The molecule has 0 amide bonds. The van der Waals surface area contributed by atoms with Crippen molar-refractivity contribution < 1.29 is 2.74 Å². The molecule has 1 heterocycles. The van der Waals surface area contributed by atoms with Crippen molar-refractivity contribution in [1.29, 1.82) is 0 Å². The molecule has 252 valence electrons. The number of benzene rings is 10. The maximum Gasteiger partial charge on any atom is 0.0629 e. The predicted molar refractivity (Wildman–Crippen MR) is 232 cm³/mol. The molecule has 0 aliphatic carbocycles. The number of aromatic nitrogens is 1. The van der Waals surface area contributed by atoms with Crippen LogP contribution in [0.15, 0.2) is 194 Å². The number of hydrogen-bond donors (Lipinski definition) is 0. The molecule has 0 unspecified atom stereocenters. The number of nitrogens with zero attached hydrogens (tertiary/aromatic N) is 2. The van der Waals surface area contributed by atoms with Crippen LogP contribution >= 0.6 is 0 Å². The Morgan fingerprint density at radius 3 is 1.63 bits per heavy atom. The molecular formula is C52H34N2. The summed E-state index contributed by atoms with van der Waals surface area (Å²) in [6.45, 7) is 0. The first kappa shape index (κ1) is 28.4. The standard InChI is InChI=1S/C52H34N2/c1-2-14-44(15-3-1)54-49-16-8-13-39-24-29-48-38(25-30-50(54)52(48)51(39)49)19-17-35-18-20-43-34-47(28-23-42(43)31-35)53(45-26-21-36-9-4-6-11-40(36)32-45)46-27-22-37-10-5-7-12-41(37)33-46/h1-34H/b19-17+/i17D,19D. The van der Waals surface area contributed by atoms with Gasteiger partial charge in [-0.25, -0.2) is 0 Å². The van der Waals surface area contributed by atoms with Gasteiger partial charge in [0, 0.05) is 33.5 Å². The van der Waals surface area contributed by atoms with Crippen molar-refractivity contribution in [3.63, 3.8) is 0 Å². The van der Waals surface area contributed by atoms with Crippen LogP contribution in [0.25, 0.3) is 82.7 Å². The van der Waals surface area contributed by atoms with Crippen molar-refractivity contribution in [3.8, 4) is 5.69 Å². The minimum atomic E-state index is 0.200. The van der Waals surface area contributed by atoms with Crippen LogP contribution in [0, 0.1) is 0 Å². The lowest BCUT2D eigenvalue weighted by Gasteiger charge is -2.26. The minimum Gasteiger partial charge on any atom is -0.310 e. The summed E-state index contributed by atoms with van der Waals surface area (Å²) in [5, 5.41) is 11.4. The normalized spacial score (nSPS) is 12.9. The van der Waals surface area contributed by atoms with Gasteiger partial charge in [-0.05, 0) is 121 Å². The zero-order valence-electron chi connectivity index (χ0n) is 31.4. The summed E-state index contributed by atoms with van der Waals surface area (Å²) in [6, 6.07) is 68.5. The van der Waals surface area contributed by atoms with E-state index in [1.54, 1.807) is 0 Å². The van der Waals surface area contributed by atoms with Gasteiger partial charge in [-0.3, -0.25) is 0 Å². The third-order valence-electron chi connectivity index (χ3n) is 10.9. The van der Waals surface area contributed by atoms with E-state index >= 15 is 0 Å². The molecule has 0 aliphatic rings. The van der Waals surface area contributed by atoms with E-state index in [-0.39, 0.29) is 12.1 Å². The molecule has 10 aromatic carbocycles. The monoisotopic (exact) mass is 688 g/mol. The lowest BCUT2D eigenvalue weighted by Crippen LogP contribution is -2.10. The van der Waals surface area contributed by atoms with Crippen molar-refractivity contribution in [1.82, 2.24) is 4.57 Å². The highest BCUT2D eigenvalue weighted by Crippen LogP contribution is 2.41. The van der Waals surface area contributed by atoms with Crippen molar-refractivity contribution in [2.45, 2.75) is 0 Å². The second-order valence-corrected chi connectivity index (χ2v) is 14.1. The Bertz CT molecular complexity index is 3260. The molecule has 2 nitrogen and oxygen atoms in total. The highest BCUT2D eigenvalue weighted by Gasteiger charge is 2.18. The average molecular weight is 689 g/mol. The maximum absolute atomic E-state index is 9.42. The summed E-state index contributed by atoms with van der Waals surface area (Å²) in [6.07, 6.45) is 0. The highest BCUT2D eigenvalue weighted by atomic mass is 15.1. The van der Waals surface area contributed by atoms with Crippen LogP contribution in [-0.2, 0) is 0 Å². The minimum absolute atomic E-state index is 0.200. The molecule has 54 heavy (non-hydrogen) atoms. The van der Waals surface area contributed by atoms with E-state index in [4.69, 9.17) is 0 Å². The van der Waals surface area contributed by atoms with E-state index in [9.17, 15) is 2.74 Å². The van der Waals surface area contributed by atoms with Gasteiger partial charge in [0.05, 0.1) is 13.8 Å². The molecule has 2 heteroatoms. The van der Waals surface area contributed by atoms with E-state index in [1.807, 2.05) is 24.3 Å². The average Bonchev–Trinajstić information content (AvgIpc) is 3.60. The first-order valence-electron chi connectivity index (χ1n) is 19.4. The number of hydrogen-bond acceptors (Lipinski definition) is 1. The Labute approximate surface area is 316 Å². The molecule has 11 rings (SSSR count). The summed E-state index contributed by atoms with van der Waals surface area (Å²) in [4.78, 5) is 2.32. The summed E-state index contributed by atoms with van der Waals surface area (Å²) >= 11 is 0. The molecule has 0 saturated heterocycles. The zero-order chi connectivity index (χ0) is 37.3. The molecule has 0 spiro atoms. The molecule has 0 saturated carbocycles. The Morgan fingerprint density at radius 1 is 0.389 bits per heavy atom. The van der Waals surface area contributed by atoms with Gasteiger partial charge in [0.2, 0.25) is 0 Å². The van der Waals surface area contributed by atoms with Gasteiger partial charge in [0.25, 0.3) is 0 Å². The summed E-state index contributed by atoms with van der Waals surface area (Å²) in [5.74, 6) is 0. The van der Waals surface area contributed by atoms with E-state index in [2.05, 4.69) is 179 Å². The van der Waals surface area contributed by atoms with Crippen LogP contribution in [-0.4, -0.2) is 4.57 Å². The van der Waals surface area contributed by atoms with Crippen LogP contribution in [0.1, 0.15) is 13.9 Å². The van der Waals surface area contributed by atoms with Crippen LogP contribution in [0.4, 0.5) is 17.1 Å². The third kappa shape index (κ3) is 4.96. The molecule has 11 aromatic rings. The van der Waals surface area contributed by atoms with Crippen LogP contribution in [0.2, 0.25) is 0 Å². The fourth-order valence-electron chi connectivity index (χ4n) is 8.32. The predicted octanol–water partition coefficient (Wildman–Crippen LogP) is 14.5. The fourth-order valence-corrected chi connectivity index (χ4v) is 8.32. The maximum atomic E-state index is 9.42. The molecule has 0 N–H and O–H groups in total. The molecule has 0 atom stereocenters. The molecular weight excluding hydrogens is 653 g/mol. The Morgan fingerprint density at radius 2 is 0.926 bits per heavy atom. The van der Waals surface area contributed by atoms with E-state index in [1.165, 1.54) is 32.3 Å². The summed E-state index contributed by atoms with van der Waals surface area (Å²) < 4.78 is 21.1. The second kappa shape index (κ2) is 12.2. The number of anilines is 3.